The average molecular weight is 853 g/mol. The van der Waals surface area contributed by atoms with Crippen LogP contribution in [0.3, 0.4) is 0 Å². The van der Waals surface area contributed by atoms with Crippen molar-refractivity contribution in [2.75, 3.05) is 0 Å². The minimum atomic E-state index is -0.125. The fraction of sp³-hybridized carbons (Fsp3) is 0.0426. The second kappa shape index (κ2) is 18.3. The number of benzene rings is 6. The normalized spacial score (nSPS) is 10.6. The van der Waals surface area contributed by atoms with E-state index in [4.69, 9.17) is 15.1 Å². The molecule has 0 fully saturated rings. The zero-order chi connectivity index (χ0) is 35.4. The predicted molar refractivity (Wildman–Crippen MR) is 210 cm³/mol. The summed E-state index contributed by atoms with van der Waals surface area (Å²) in [7, 11) is 0. The zero-order valence-corrected chi connectivity index (χ0v) is 31.2. The molecule has 2 heterocycles. The Kier molecular flexibility index (Phi) is 13.1. The van der Waals surface area contributed by atoms with Crippen LogP contribution in [0.5, 0.6) is 0 Å². The smallest absolute Gasteiger partial charge is 0.155 e. The Morgan fingerprint density at radius 2 is 0.923 bits per heavy atom. The van der Waals surface area contributed by atoms with Crippen LogP contribution in [0.25, 0.3) is 66.6 Å². The van der Waals surface area contributed by atoms with E-state index in [-0.39, 0.29) is 31.6 Å². The zero-order valence-electron chi connectivity index (χ0n) is 28.8. The third kappa shape index (κ3) is 9.61. The number of hydrogen-bond donors (Lipinski definition) is 1. The molecule has 0 saturated carbocycles. The summed E-state index contributed by atoms with van der Waals surface area (Å²) in [6.07, 6.45) is 1.17. The quantitative estimate of drug-likeness (QED) is 0.106. The minimum Gasteiger partial charge on any atom is -0.512 e. The first-order chi connectivity index (χ1) is 25.0. The molecule has 4 nitrogen and oxygen atoms in total. The molecule has 0 amide bonds. The standard InChI is InChI=1S/2C21H14N.C5H8O2.Ir/c2*1-3-9-16(10-4-1)19-15-21(17-11-5-2-6-12-17)22-20-14-8-7-13-18(19)20;1-4(6)3-5(2)7;/h2*1-11,13-15H;3,6H,1-2H3;/q2*-1;;/b;;4-3-;. The Morgan fingerprint density at radius 3 is 1.27 bits per heavy atom. The maximum absolute atomic E-state index is 10.0. The Hall–Kier alpha value is -6.00. The molecule has 8 rings (SSSR count). The summed E-state index contributed by atoms with van der Waals surface area (Å²) in [5.41, 5.74) is 10.8. The number of ketones is 1. The topological polar surface area (TPSA) is 63.1 Å². The van der Waals surface area contributed by atoms with Gasteiger partial charge < -0.3 is 5.11 Å². The summed E-state index contributed by atoms with van der Waals surface area (Å²) < 4.78 is 0. The van der Waals surface area contributed by atoms with Crippen LogP contribution >= 0.6 is 0 Å². The van der Waals surface area contributed by atoms with E-state index in [2.05, 4.69) is 109 Å². The van der Waals surface area contributed by atoms with E-state index >= 15 is 0 Å². The average Bonchev–Trinajstić information content (AvgIpc) is 3.18. The molecule has 6 aromatic carbocycles. The molecular weight excluding hydrogens is 817 g/mol. The molecule has 0 atom stereocenters. The van der Waals surface area contributed by atoms with E-state index < -0.39 is 0 Å². The molecule has 0 saturated heterocycles. The van der Waals surface area contributed by atoms with Gasteiger partial charge in [0, 0.05) is 37.0 Å². The van der Waals surface area contributed by atoms with Gasteiger partial charge in [-0.15, -0.1) is 71.8 Å². The van der Waals surface area contributed by atoms with Crippen molar-refractivity contribution < 1.29 is 30.0 Å². The minimum absolute atomic E-state index is 0. The van der Waals surface area contributed by atoms with Gasteiger partial charge in [0.1, 0.15) is 0 Å². The molecule has 0 aliphatic rings. The van der Waals surface area contributed by atoms with Crippen LogP contribution in [-0.4, -0.2) is 20.9 Å². The predicted octanol–water partition coefficient (Wildman–Crippen LogP) is 11.8. The third-order valence-corrected chi connectivity index (χ3v) is 7.98. The van der Waals surface area contributed by atoms with Gasteiger partial charge >= 0.3 is 0 Å². The van der Waals surface area contributed by atoms with E-state index in [0.29, 0.717) is 0 Å². The van der Waals surface area contributed by atoms with Gasteiger partial charge in [0.15, 0.2) is 5.78 Å². The van der Waals surface area contributed by atoms with Crippen molar-refractivity contribution in [2.24, 2.45) is 0 Å². The van der Waals surface area contributed by atoms with Crippen molar-refractivity contribution >= 4 is 27.6 Å². The summed E-state index contributed by atoms with van der Waals surface area (Å²) in [6.45, 7) is 2.85. The first-order valence-electron chi connectivity index (χ1n) is 16.7. The maximum Gasteiger partial charge on any atom is 0.155 e. The number of pyridine rings is 2. The van der Waals surface area contributed by atoms with Crippen molar-refractivity contribution in [3.63, 3.8) is 0 Å². The van der Waals surface area contributed by atoms with Crippen molar-refractivity contribution in [1.82, 2.24) is 9.97 Å². The summed E-state index contributed by atoms with van der Waals surface area (Å²) in [5.74, 6) is -0.0625. The number of fused-ring (bicyclic) bond motifs is 2. The molecule has 0 spiro atoms. The van der Waals surface area contributed by atoms with Crippen LogP contribution in [-0.2, 0) is 24.9 Å². The van der Waals surface area contributed by atoms with E-state index in [1.165, 1.54) is 52.9 Å². The van der Waals surface area contributed by atoms with E-state index in [1.54, 1.807) is 0 Å². The number of aliphatic hydroxyl groups is 1. The summed E-state index contributed by atoms with van der Waals surface area (Å²) in [5, 5.41) is 10.7. The molecule has 52 heavy (non-hydrogen) atoms. The van der Waals surface area contributed by atoms with Gasteiger partial charge in [-0.25, -0.2) is 0 Å². The fourth-order valence-electron chi connectivity index (χ4n) is 5.74. The van der Waals surface area contributed by atoms with Crippen LogP contribution in [0, 0.1) is 12.1 Å². The second-order valence-electron chi connectivity index (χ2n) is 11.8. The largest absolute Gasteiger partial charge is 0.512 e. The first kappa shape index (κ1) is 37.3. The Balaban J connectivity index is 0.000000168. The Bertz CT molecular complexity index is 2230. The summed E-state index contributed by atoms with van der Waals surface area (Å²) in [6, 6.07) is 64.3. The monoisotopic (exact) mass is 853 g/mol. The van der Waals surface area contributed by atoms with E-state index in [0.717, 1.165) is 33.5 Å². The van der Waals surface area contributed by atoms with Gasteiger partial charge in [-0.05, 0) is 59.6 Å². The first-order valence-corrected chi connectivity index (χ1v) is 16.7. The van der Waals surface area contributed by atoms with E-state index in [9.17, 15) is 4.79 Å². The van der Waals surface area contributed by atoms with Crippen LogP contribution < -0.4 is 0 Å². The van der Waals surface area contributed by atoms with Crippen molar-refractivity contribution in [1.29, 1.82) is 0 Å². The Morgan fingerprint density at radius 1 is 0.538 bits per heavy atom. The number of nitrogens with zero attached hydrogens (tertiary/aromatic N) is 2. The summed E-state index contributed by atoms with van der Waals surface area (Å²) >= 11 is 0. The molecule has 0 unspecified atom stereocenters. The second-order valence-corrected chi connectivity index (χ2v) is 11.8. The molecule has 0 aliphatic carbocycles. The Labute approximate surface area is 318 Å². The number of carbonyl (C=O) groups is 1. The van der Waals surface area contributed by atoms with Crippen LogP contribution in [0.1, 0.15) is 13.8 Å². The number of hydrogen-bond acceptors (Lipinski definition) is 4. The van der Waals surface area contributed by atoms with Gasteiger partial charge in [-0.1, -0.05) is 109 Å². The summed E-state index contributed by atoms with van der Waals surface area (Å²) in [4.78, 5) is 19.6. The fourth-order valence-corrected chi connectivity index (χ4v) is 5.74. The van der Waals surface area contributed by atoms with Crippen molar-refractivity contribution in [2.45, 2.75) is 13.8 Å². The van der Waals surface area contributed by atoms with Crippen LogP contribution in [0.4, 0.5) is 0 Å². The molecule has 5 heteroatoms. The molecule has 1 N–H and O–H groups in total. The van der Waals surface area contributed by atoms with Gasteiger partial charge in [-0.3, -0.25) is 14.8 Å². The number of aromatic nitrogens is 2. The SMILES string of the molecule is CC(=O)/C=C(/C)O.[Ir].[c-]1ccccc1-c1cc(-c2ccccc2)c2ccccc2n1.[c-]1ccccc1-c1cc(-c2ccccc2)c2ccccc2n1. The molecular formula is C47H36IrN2O2-2. The van der Waals surface area contributed by atoms with Gasteiger partial charge in [0.25, 0.3) is 0 Å². The van der Waals surface area contributed by atoms with Gasteiger partial charge in [-0.2, -0.15) is 0 Å². The molecule has 0 bridgehead atoms. The van der Waals surface area contributed by atoms with Gasteiger partial charge in [0.2, 0.25) is 0 Å². The van der Waals surface area contributed by atoms with E-state index in [1.807, 2.05) is 72.8 Å². The molecule has 0 aliphatic heterocycles. The maximum atomic E-state index is 10.0. The molecule has 1 radical (unpaired) electrons. The van der Waals surface area contributed by atoms with Crippen molar-refractivity contribution in [3.8, 4) is 44.8 Å². The molecule has 2 aromatic heterocycles. The van der Waals surface area contributed by atoms with Crippen LogP contribution in [0.15, 0.2) is 182 Å². The number of para-hydroxylation sites is 2. The van der Waals surface area contributed by atoms with Gasteiger partial charge in [0.05, 0.1) is 16.8 Å². The third-order valence-electron chi connectivity index (χ3n) is 7.98. The van der Waals surface area contributed by atoms with Crippen LogP contribution in [0.2, 0.25) is 0 Å². The number of carbonyl (C=O) groups excluding carboxylic acids is 1. The number of allylic oxidation sites excluding steroid dienone is 2. The number of rotatable bonds is 5. The number of aliphatic hydroxyl groups excluding tert-OH is 1. The van der Waals surface area contributed by atoms with Crippen molar-refractivity contribution in [3.05, 3.63) is 194 Å². The molecule has 8 aromatic rings. The molecule has 257 valence electrons.